The third-order valence-electron chi connectivity index (χ3n) is 3.90. The van der Waals surface area contributed by atoms with Gasteiger partial charge in [0.25, 0.3) is 5.69 Å². The second kappa shape index (κ2) is 8.89. The molecule has 0 unspecified atom stereocenters. The van der Waals surface area contributed by atoms with Crippen molar-refractivity contribution in [3.8, 4) is 11.5 Å². The number of anilines is 1. The number of nitro groups is 1. The second-order valence-corrected chi connectivity index (χ2v) is 5.47. The molecule has 0 heterocycles. The van der Waals surface area contributed by atoms with Crippen molar-refractivity contribution in [1.82, 2.24) is 5.32 Å². The van der Waals surface area contributed by atoms with Crippen molar-refractivity contribution in [2.75, 3.05) is 33.1 Å². The summed E-state index contributed by atoms with van der Waals surface area (Å²) in [5.41, 5.74) is 2.60. The zero-order valence-corrected chi connectivity index (χ0v) is 14.7. The first-order valence-corrected chi connectivity index (χ1v) is 7.95. The van der Waals surface area contributed by atoms with Crippen LogP contribution in [0, 0.1) is 10.1 Å². The molecule has 0 amide bonds. The molecule has 134 valence electrons. The number of nitrogens with zero attached hydrogens (tertiary/aromatic N) is 1. The van der Waals surface area contributed by atoms with Crippen molar-refractivity contribution in [2.45, 2.75) is 13.0 Å². The molecule has 0 aliphatic carbocycles. The molecule has 0 radical (unpaired) electrons. The van der Waals surface area contributed by atoms with Crippen molar-refractivity contribution < 1.29 is 14.4 Å². The Hall–Kier alpha value is -2.80. The van der Waals surface area contributed by atoms with Crippen LogP contribution in [0.3, 0.4) is 0 Å². The molecule has 0 atom stereocenters. The lowest BCUT2D eigenvalue weighted by Crippen LogP contribution is -2.17. The number of nitro benzene ring substituents is 1. The maximum atomic E-state index is 11.1. The van der Waals surface area contributed by atoms with Gasteiger partial charge in [0.15, 0.2) is 11.5 Å². The largest absolute Gasteiger partial charge is 0.493 e. The summed E-state index contributed by atoms with van der Waals surface area (Å²) in [5.74, 6) is 1.41. The van der Waals surface area contributed by atoms with Crippen LogP contribution in [0.2, 0.25) is 0 Å². The highest BCUT2D eigenvalue weighted by Gasteiger charge is 2.13. The SMILES string of the molecule is CNc1ccc(CNCCc2ccc(OC)c(OC)c2)cc1[N+](=O)[O-]. The number of hydrogen-bond acceptors (Lipinski definition) is 6. The Bertz CT molecular complexity index is 734. The van der Waals surface area contributed by atoms with Crippen LogP contribution in [-0.2, 0) is 13.0 Å². The molecule has 2 rings (SSSR count). The minimum Gasteiger partial charge on any atom is -0.493 e. The third kappa shape index (κ3) is 4.84. The molecule has 0 aliphatic rings. The molecule has 0 saturated carbocycles. The van der Waals surface area contributed by atoms with Gasteiger partial charge in [-0.3, -0.25) is 10.1 Å². The molecule has 0 aliphatic heterocycles. The van der Waals surface area contributed by atoms with Crippen LogP contribution in [0.15, 0.2) is 36.4 Å². The molecule has 2 aromatic carbocycles. The van der Waals surface area contributed by atoms with E-state index in [2.05, 4.69) is 10.6 Å². The predicted octanol–water partition coefficient (Wildman–Crippen LogP) is 2.99. The number of hydrogen-bond donors (Lipinski definition) is 2. The molecule has 0 aromatic heterocycles. The summed E-state index contributed by atoms with van der Waals surface area (Å²) < 4.78 is 10.5. The normalized spacial score (nSPS) is 10.4. The van der Waals surface area contributed by atoms with Crippen LogP contribution in [0.1, 0.15) is 11.1 Å². The average molecular weight is 345 g/mol. The number of benzene rings is 2. The molecule has 2 N–H and O–H groups in total. The van der Waals surface area contributed by atoms with Gasteiger partial charge in [-0.1, -0.05) is 12.1 Å². The van der Waals surface area contributed by atoms with Crippen LogP contribution >= 0.6 is 0 Å². The zero-order chi connectivity index (χ0) is 18.2. The van der Waals surface area contributed by atoms with Crippen molar-refractivity contribution in [2.24, 2.45) is 0 Å². The summed E-state index contributed by atoms with van der Waals surface area (Å²) in [4.78, 5) is 10.7. The molecule has 7 heteroatoms. The molecular weight excluding hydrogens is 322 g/mol. The highest BCUT2D eigenvalue weighted by Crippen LogP contribution is 2.27. The standard InChI is InChI=1S/C18H23N3O4/c1-19-15-6-4-14(10-16(15)21(22)23)12-20-9-8-13-5-7-17(24-2)18(11-13)25-3/h4-7,10-11,19-20H,8-9,12H2,1-3H3. The van der Waals surface area contributed by atoms with Gasteiger partial charge in [-0.15, -0.1) is 0 Å². The highest BCUT2D eigenvalue weighted by molar-refractivity contribution is 5.62. The minimum absolute atomic E-state index is 0.0849. The molecule has 25 heavy (non-hydrogen) atoms. The van der Waals surface area contributed by atoms with Crippen LogP contribution in [-0.4, -0.2) is 32.7 Å². The maximum Gasteiger partial charge on any atom is 0.292 e. The Labute approximate surface area is 147 Å². The second-order valence-electron chi connectivity index (χ2n) is 5.47. The molecule has 2 aromatic rings. The van der Waals surface area contributed by atoms with E-state index in [9.17, 15) is 10.1 Å². The van der Waals surface area contributed by atoms with Crippen molar-refractivity contribution in [1.29, 1.82) is 0 Å². The Morgan fingerprint density at radius 3 is 2.40 bits per heavy atom. The van der Waals surface area contributed by atoms with E-state index in [1.807, 2.05) is 24.3 Å². The lowest BCUT2D eigenvalue weighted by Gasteiger charge is -2.10. The lowest BCUT2D eigenvalue weighted by molar-refractivity contribution is -0.384. The quantitative estimate of drug-likeness (QED) is 0.413. The lowest BCUT2D eigenvalue weighted by atomic mass is 10.1. The Kier molecular flexibility index (Phi) is 6.59. The third-order valence-corrected chi connectivity index (χ3v) is 3.90. The first-order valence-electron chi connectivity index (χ1n) is 7.95. The summed E-state index contributed by atoms with van der Waals surface area (Å²) in [6.45, 7) is 1.31. The van der Waals surface area contributed by atoms with Gasteiger partial charge in [-0.05, 0) is 42.3 Å². The smallest absolute Gasteiger partial charge is 0.292 e. The van der Waals surface area contributed by atoms with Crippen LogP contribution < -0.4 is 20.1 Å². The molecule has 0 bridgehead atoms. The van der Waals surface area contributed by atoms with Gasteiger partial charge in [-0.2, -0.15) is 0 Å². The van der Waals surface area contributed by atoms with E-state index in [0.29, 0.717) is 23.7 Å². The molecule has 0 fully saturated rings. The summed E-state index contributed by atoms with van der Waals surface area (Å²) in [5, 5.41) is 17.2. The maximum absolute atomic E-state index is 11.1. The van der Waals surface area contributed by atoms with Gasteiger partial charge in [0, 0.05) is 19.7 Å². The summed E-state index contributed by atoms with van der Waals surface area (Å²) in [6.07, 6.45) is 0.817. The van der Waals surface area contributed by atoms with Crippen LogP contribution in [0.5, 0.6) is 11.5 Å². The molecule has 0 saturated heterocycles. The first kappa shape index (κ1) is 18.5. The van der Waals surface area contributed by atoms with E-state index in [-0.39, 0.29) is 10.6 Å². The topological polar surface area (TPSA) is 85.7 Å². The van der Waals surface area contributed by atoms with Gasteiger partial charge in [0.05, 0.1) is 19.1 Å². The summed E-state index contributed by atoms with van der Waals surface area (Å²) >= 11 is 0. The monoisotopic (exact) mass is 345 g/mol. The van der Waals surface area contributed by atoms with Crippen molar-refractivity contribution in [3.63, 3.8) is 0 Å². The summed E-state index contributed by atoms with van der Waals surface area (Å²) in [7, 11) is 4.89. The van der Waals surface area contributed by atoms with Crippen LogP contribution in [0.4, 0.5) is 11.4 Å². The van der Waals surface area contributed by atoms with E-state index in [1.165, 1.54) is 0 Å². The van der Waals surface area contributed by atoms with Gasteiger partial charge >= 0.3 is 0 Å². The van der Waals surface area contributed by atoms with Gasteiger partial charge in [0.1, 0.15) is 5.69 Å². The minimum atomic E-state index is -0.376. The Balaban J connectivity index is 1.91. The van der Waals surface area contributed by atoms with Crippen molar-refractivity contribution >= 4 is 11.4 Å². The number of ether oxygens (including phenoxy) is 2. The number of rotatable bonds is 9. The molecule has 0 spiro atoms. The Morgan fingerprint density at radius 1 is 1.04 bits per heavy atom. The van der Waals surface area contributed by atoms with E-state index >= 15 is 0 Å². The van der Waals surface area contributed by atoms with E-state index in [0.717, 1.165) is 24.1 Å². The number of methoxy groups -OCH3 is 2. The predicted molar refractivity (Wildman–Crippen MR) is 97.6 cm³/mol. The van der Waals surface area contributed by atoms with E-state index < -0.39 is 0 Å². The molecule has 7 nitrogen and oxygen atoms in total. The fourth-order valence-corrected chi connectivity index (χ4v) is 2.55. The first-order chi connectivity index (χ1) is 12.1. The van der Waals surface area contributed by atoms with Gasteiger partial charge < -0.3 is 20.1 Å². The summed E-state index contributed by atoms with van der Waals surface area (Å²) in [6, 6.07) is 11.0. The number of nitrogens with one attached hydrogen (secondary N) is 2. The highest BCUT2D eigenvalue weighted by atomic mass is 16.6. The molecular formula is C18H23N3O4. The van der Waals surface area contributed by atoms with E-state index in [1.54, 1.807) is 33.4 Å². The van der Waals surface area contributed by atoms with Crippen molar-refractivity contribution in [3.05, 3.63) is 57.6 Å². The van der Waals surface area contributed by atoms with E-state index in [4.69, 9.17) is 9.47 Å². The fraction of sp³-hybridized carbons (Fsp3) is 0.333. The zero-order valence-electron chi connectivity index (χ0n) is 14.7. The van der Waals surface area contributed by atoms with Crippen LogP contribution in [0.25, 0.3) is 0 Å². The Morgan fingerprint density at radius 2 is 1.76 bits per heavy atom. The fourth-order valence-electron chi connectivity index (χ4n) is 2.55. The average Bonchev–Trinajstić information content (AvgIpc) is 2.64. The van der Waals surface area contributed by atoms with Gasteiger partial charge in [-0.25, -0.2) is 0 Å². The van der Waals surface area contributed by atoms with Gasteiger partial charge in [0.2, 0.25) is 0 Å².